The van der Waals surface area contributed by atoms with Gasteiger partial charge in [0.2, 0.25) is 0 Å². The Morgan fingerprint density at radius 1 is 1.80 bits per heavy atom. The number of hydroxylamine groups is 1. The topological polar surface area (TPSA) is 31.9 Å². The first kappa shape index (κ1) is 4.92. The lowest BCUT2D eigenvalue weighted by atomic mass is 10.5. The summed E-state index contributed by atoms with van der Waals surface area (Å²) >= 11 is 0. The van der Waals surface area contributed by atoms with Gasteiger partial charge in [0.1, 0.15) is 0 Å². The summed E-state index contributed by atoms with van der Waals surface area (Å²) in [6.07, 6.45) is 0.920. The third-order valence-electron chi connectivity index (χ3n) is 0.352. The van der Waals surface area contributed by atoms with Gasteiger partial charge in [-0.05, 0) is 6.42 Å². The predicted octanol–water partition coefficient (Wildman–Crippen LogP) is 0.331. The van der Waals surface area contributed by atoms with Crippen molar-refractivity contribution < 1.29 is 5.21 Å². The SMILES string of the molecule is CCCN[O]. The molecule has 0 rings (SSSR count). The highest BCUT2D eigenvalue weighted by Gasteiger charge is 1.68. The van der Waals surface area contributed by atoms with E-state index in [4.69, 9.17) is 0 Å². The molecule has 0 saturated carbocycles. The Labute approximate surface area is 31.8 Å². The Morgan fingerprint density at radius 3 is 2.40 bits per heavy atom. The Morgan fingerprint density at radius 2 is 2.40 bits per heavy atom. The molecule has 5 heavy (non-hydrogen) atoms. The van der Waals surface area contributed by atoms with Crippen LogP contribution in [-0.4, -0.2) is 6.54 Å². The van der Waals surface area contributed by atoms with Gasteiger partial charge >= 0.3 is 0 Å². The second kappa shape index (κ2) is 3.92. The first-order chi connectivity index (χ1) is 2.41. The molecule has 2 heteroatoms. The second-order valence-corrected chi connectivity index (χ2v) is 0.894. The maximum absolute atomic E-state index is 9.28. The molecule has 0 aliphatic rings. The van der Waals surface area contributed by atoms with E-state index in [-0.39, 0.29) is 0 Å². The van der Waals surface area contributed by atoms with Crippen LogP contribution in [0.15, 0.2) is 0 Å². The summed E-state index contributed by atoms with van der Waals surface area (Å²) < 4.78 is 0. The molecule has 0 aromatic rings. The van der Waals surface area contributed by atoms with Crippen molar-refractivity contribution in [3.63, 3.8) is 0 Å². The molecule has 0 unspecified atom stereocenters. The number of hydrogen-bond acceptors (Lipinski definition) is 1. The zero-order valence-corrected chi connectivity index (χ0v) is 3.32. The molecule has 0 atom stereocenters. The molecule has 0 aliphatic carbocycles. The maximum atomic E-state index is 9.28. The molecule has 0 fully saturated rings. The molecule has 0 aromatic heterocycles. The van der Waals surface area contributed by atoms with Crippen molar-refractivity contribution in [2.45, 2.75) is 13.3 Å². The molecule has 1 radical (unpaired) electrons. The highest BCUT2D eigenvalue weighted by molar-refractivity contribution is 4.21. The lowest BCUT2D eigenvalue weighted by molar-refractivity contribution is 0.0765. The van der Waals surface area contributed by atoms with E-state index < -0.39 is 0 Å². The van der Waals surface area contributed by atoms with Crippen LogP contribution in [0.5, 0.6) is 0 Å². The number of nitrogens with one attached hydrogen (secondary N) is 1. The van der Waals surface area contributed by atoms with Crippen LogP contribution in [0.25, 0.3) is 0 Å². The van der Waals surface area contributed by atoms with Gasteiger partial charge in [-0.1, -0.05) is 6.92 Å². The smallest absolute Gasteiger partial charge is 0.0238 e. The van der Waals surface area contributed by atoms with E-state index in [0.29, 0.717) is 6.54 Å². The van der Waals surface area contributed by atoms with Crippen LogP contribution in [0.3, 0.4) is 0 Å². The van der Waals surface area contributed by atoms with Gasteiger partial charge < -0.3 is 0 Å². The van der Waals surface area contributed by atoms with Gasteiger partial charge in [-0.15, -0.1) is 5.21 Å². The summed E-state index contributed by atoms with van der Waals surface area (Å²) in [5.41, 5.74) is 1.77. The Hall–Kier alpha value is -0.0800. The zero-order chi connectivity index (χ0) is 4.12. The van der Waals surface area contributed by atoms with Crippen LogP contribution < -0.4 is 5.48 Å². The van der Waals surface area contributed by atoms with E-state index in [1.54, 1.807) is 5.48 Å². The van der Waals surface area contributed by atoms with Crippen LogP contribution in [0, 0.1) is 0 Å². The fourth-order valence-corrected chi connectivity index (χ4v) is 0.102. The fraction of sp³-hybridized carbons (Fsp3) is 1.00. The summed E-state index contributed by atoms with van der Waals surface area (Å²) in [4.78, 5) is 0. The van der Waals surface area contributed by atoms with Gasteiger partial charge in [-0.3, -0.25) is 0 Å². The van der Waals surface area contributed by atoms with Crippen molar-refractivity contribution >= 4 is 0 Å². The lowest BCUT2D eigenvalue weighted by Crippen LogP contribution is -2.03. The minimum absolute atomic E-state index is 0.583. The van der Waals surface area contributed by atoms with Crippen molar-refractivity contribution in [3.8, 4) is 0 Å². The molecule has 0 bridgehead atoms. The summed E-state index contributed by atoms with van der Waals surface area (Å²) in [6.45, 7) is 2.53. The molecule has 0 heterocycles. The molecule has 0 aromatic carbocycles. The van der Waals surface area contributed by atoms with Gasteiger partial charge in [0, 0.05) is 6.54 Å². The first-order valence-electron chi connectivity index (χ1n) is 1.76. The summed E-state index contributed by atoms with van der Waals surface area (Å²) in [5, 5.41) is 9.28. The molecule has 0 aliphatic heterocycles. The van der Waals surface area contributed by atoms with Gasteiger partial charge in [-0.2, -0.15) is 5.48 Å². The van der Waals surface area contributed by atoms with E-state index in [1.807, 2.05) is 6.92 Å². The van der Waals surface area contributed by atoms with Gasteiger partial charge in [0.15, 0.2) is 0 Å². The minimum Gasteiger partial charge on any atom is -0.168 e. The number of rotatable bonds is 2. The predicted molar refractivity (Wildman–Crippen MR) is 19.0 cm³/mol. The third kappa shape index (κ3) is 3.92. The Bertz CT molecular complexity index is 14.4. The molecule has 0 saturated heterocycles. The average molecular weight is 74.1 g/mol. The number of hydrogen-bond donors (Lipinski definition) is 1. The van der Waals surface area contributed by atoms with Crippen molar-refractivity contribution in [1.29, 1.82) is 0 Å². The summed E-state index contributed by atoms with van der Waals surface area (Å²) in [7, 11) is 0. The Kier molecular flexibility index (Phi) is 3.86. The van der Waals surface area contributed by atoms with Gasteiger partial charge in [0.05, 0.1) is 0 Å². The quantitative estimate of drug-likeness (QED) is 0.470. The highest BCUT2D eigenvalue weighted by atomic mass is 16.5. The zero-order valence-electron chi connectivity index (χ0n) is 3.32. The van der Waals surface area contributed by atoms with E-state index >= 15 is 0 Å². The average Bonchev–Trinajstić information content (AvgIpc) is 1.41. The molecular weight excluding hydrogens is 66.0 g/mol. The van der Waals surface area contributed by atoms with Crippen LogP contribution in [0.2, 0.25) is 0 Å². The monoisotopic (exact) mass is 74.1 g/mol. The fourth-order valence-electron chi connectivity index (χ4n) is 0.102. The minimum atomic E-state index is 0.583. The lowest BCUT2D eigenvalue weighted by Gasteiger charge is -1.80. The first-order valence-corrected chi connectivity index (χ1v) is 1.76. The van der Waals surface area contributed by atoms with Crippen LogP contribution in [0.1, 0.15) is 13.3 Å². The third-order valence-corrected chi connectivity index (χ3v) is 0.352. The molecular formula is C3H8NO. The van der Waals surface area contributed by atoms with Gasteiger partial charge in [0.25, 0.3) is 0 Å². The molecule has 0 amide bonds. The highest BCUT2D eigenvalue weighted by Crippen LogP contribution is 1.62. The maximum Gasteiger partial charge on any atom is 0.0238 e. The van der Waals surface area contributed by atoms with Crippen molar-refractivity contribution in [2.75, 3.05) is 6.54 Å². The molecule has 31 valence electrons. The Balaban J connectivity index is 2.19. The second-order valence-electron chi connectivity index (χ2n) is 0.894. The van der Waals surface area contributed by atoms with Gasteiger partial charge in [-0.25, -0.2) is 0 Å². The van der Waals surface area contributed by atoms with E-state index in [1.165, 1.54) is 0 Å². The van der Waals surface area contributed by atoms with E-state index in [0.717, 1.165) is 6.42 Å². The van der Waals surface area contributed by atoms with Crippen LogP contribution >= 0.6 is 0 Å². The summed E-state index contributed by atoms with van der Waals surface area (Å²) in [6, 6.07) is 0. The molecule has 1 N–H and O–H groups in total. The molecule has 0 spiro atoms. The van der Waals surface area contributed by atoms with E-state index in [9.17, 15) is 5.21 Å². The van der Waals surface area contributed by atoms with Crippen LogP contribution in [-0.2, 0) is 5.21 Å². The van der Waals surface area contributed by atoms with Crippen molar-refractivity contribution in [1.82, 2.24) is 5.48 Å². The standard InChI is InChI=1S/C3H8NO/c1-2-3-4-5/h4H,2-3H2,1H3. The molecule has 2 nitrogen and oxygen atoms in total. The van der Waals surface area contributed by atoms with Crippen molar-refractivity contribution in [2.24, 2.45) is 0 Å². The largest absolute Gasteiger partial charge is 0.168 e. The normalized spacial score (nSPS) is 8.40. The van der Waals surface area contributed by atoms with Crippen molar-refractivity contribution in [3.05, 3.63) is 0 Å². The summed E-state index contributed by atoms with van der Waals surface area (Å²) in [5.74, 6) is 0. The van der Waals surface area contributed by atoms with E-state index in [2.05, 4.69) is 0 Å². The van der Waals surface area contributed by atoms with Crippen LogP contribution in [0.4, 0.5) is 0 Å².